The average Bonchev–Trinajstić information content (AvgIpc) is 3.42. The highest BCUT2D eigenvalue weighted by Crippen LogP contribution is 2.56. The molecule has 0 spiro atoms. The summed E-state index contributed by atoms with van der Waals surface area (Å²) < 4.78 is 14.6. The lowest BCUT2D eigenvalue weighted by molar-refractivity contribution is 0.394. The van der Waals surface area contributed by atoms with Crippen molar-refractivity contribution in [1.82, 2.24) is 0 Å². The van der Waals surface area contributed by atoms with E-state index in [9.17, 15) is 0 Å². The normalized spacial score (nSPS) is 18.3. The lowest BCUT2D eigenvalue weighted by atomic mass is 9.34. The average molecular weight is 813 g/mol. The third-order valence-electron chi connectivity index (χ3n) is 14.7. The molecular weight excluding hydrogens is 764 g/mol. The van der Waals surface area contributed by atoms with Gasteiger partial charge in [0.15, 0.2) is 0 Å². The molecule has 0 amide bonds. The zero-order valence-corrected chi connectivity index (χ0v) is 37.8. The second-order valence-electron chi connectivity index (χ2n) is 20.1. The lowest BCUT2D eigenvalue weighted by Gasteiger charge is -2.42. The van der Waals surface area contributed by atoms with Crippen molar-refractivity contribution < 1.29 is 9.47 Å². The molecule has 4 nitrogen and oxygen atoms in total. The molecule has 0 aromatic heterocycles. The first-order chi connectivity index (χ1) is 28.8. The first-order valence-electron chi connectivity index (χ1n) is 21.6. The summed E-state index contributed by atoms with van der Waals surface area (Å²) in [6.07, 6.45) is 1.04. The lowest BCUT2D eigenvalue weighted by Crippen LogP contribution is -2.59. The Hall–Kier alpha value is -5.76. The molecule has 0 saturated heterocycles. The van der Waals surface area contributed by atoms with E-state index in [1.807, 2.05) is 0 Å². The van der Waals surface area contributed by atoms with Gasteiger partial charge in [-0.25, -0.2) is 0 Å². The molecule has 4 aliphatic heterocycles. The van der Waals surface area contributed by atoms with E-state index in [1.165, 1.54) is 65.5 Å². The summed E-state index contributed by atoms with van der Waals surface area (Å²) in [6.45, 7) is 19.4. The van der Waals surface area contributed by atoms with Crippen LogP contribution in [0.25, 0.3) is 0 Å². The van der Waals surface area contributed by atoms with Gasteiger partial charge in [-0.2, -0.15) is 0 Å². The second-order valence-corrected chi connectivity index (χ2v) is 28.7. The van der Waals surface area contributed by atoms with Gasteiger partial charge in [-0.05, 0) is 97.0 Å². The minimum atomic E-state index is -1.93. The van der Waals surface area contributed by atoms with Crippen LogP contribution in [-0.2, 0) is 10.8 Å². The van der Waals surface area contributed by atoms with E-state index in [2.05, 4.69) is 203 Å². The second kappa shape index (κ2) is 12.0. The molecule has 7 aromatic rings. The minimum Gasteiger partial charge on any atom is -0.458 e. The Bertz CT molecular complexity index is 2910. The summed E-state index contributed by atoms with van der Waals surface area (Å²) in [7, 11) is -3.86. The van der Waals surface area contributed by atoms with Gasteiger partial charge in [0, 0.05) is 57.3 Å². The highest BCUT2D eigenvalue weighted by atomic mass is 28.3. The van der Waals surface area contributed by atoms with Crippen LogP contribution in [-0.4, -0.2) is 22.9 Å². The molecule has 4 heterocycles. The smallest absolute Gasteiger partial charge is 0.260 e. The van der Waals surface area contributed by atoms with Crippen molar-refractivity contribution in [2.24, 2.45) is 0 Å². The highest BCUT2D eigenvalue weighted by molar-refractivity contribution is 7.03. The number of benzene rings is 7. The first-order valence-corrected chi connectivity index (χ1v) is 27.6. The molecule has 0 unspecified atom stereocenters. The van der Waals surface area contributed by atoms with E-state index < -0.39 is 16.1 Å². The van der Waals surface area contributed by atoms with Crippen molar-refractivity contribution in [3.63, 3.8) is 0 Å². The van der Waals surface area contributed by atoms with Crippen LogP contribution in [0.5, 0.6) is 23.0 Å². The van der Waals surface area contributed by atoms with Gasteiger partial charge < -0.3 is 19.3 Å². The van der Waals surface area contributed by atoms with Gasteiger partial charge in [0.25, 0.3) is 6.71 Å². The Labute approximate surface area is 356 Å². The zero-order valence-electron chi connectivity index (χ0n) is 35.8. The van der Waals surface area contributed by atoms with Crippen molar-refractivity contribution >= 4 is 94.1 Å². The van der Waals surface area contributed by atoms with Crippen LogP contribution >= 0.6 is 0 Å². The fourth-order valence-electron chi connectivity index (χ4n) is 12.2. The molecular formula is C53H49BN2O2Si2. The number of para-hydroxylation sites is 4. The third-order valence-corrected chi connectivity index (χ3v) is 21.8. The Kier molecular flexibility index (Phi) is 7.20. The monoisotopic (exact) mass is 812 g/mol. The van der Waals surface area contributed by atoms with Gasteiger partial charge in [-0.3, -0.25) is 0 Å². The summed E-state index contributed by atoms with van der Waals surface area (Å²) in [4.78, 5) is 4.93. The molecule has 0 atom stereocenters. The predicted molar refractivity (Wildman–Crippen MR) is 258 cm³/mol. The Morgan fingerprint density at radius 3 is 1.35 bits per heavy atom. The maximum Gasteiger partial charge on any atom is 0.260 e. The summed E-state index contributed by atoms with van der Waals surface area (Å²) in [5.41, 5.74) is 13.4. The Balaban J connectivity index is 1.06. The largest absolute Gasteiger partial charge is 0.458 e. The van der Waals surface area contributed by atoms with Crippen molar-refractivity contribution in [3.8, 4) is 23.0 Å². The molecule has 7 aromatic carbocycles. The SMILES string of the molecule is CC1(C)CC(C)(C)c2c1cc1c3c2Oc2cc(N4c5ccccc5[Si](C)(C)c5ccccc54)ccc2B3c2ccc(N3c4ccccc4[Si](C)(C)c4ccccc43)cc2O1. The van der Waals surface area contributed by atoms with Gasteiger partial charge in [0.1, 0.15) is 39.1 Å². The van der Waals surface area contributed by atoms with Crippen molar-refractivity contribution in [2.75, 3.05) is 9.80 Å². The fraction of sp³-hybridized carbons (Fsp3) is 0.208. The van der Waals surface area contributed by atoms with Crippen molar-refractivity contribution in [3.05, 3.63) is 151 Å². The van der Waals surface area contributed by atoms with Crippen LogP contribution in [0.1, 0.15) is 45.2 Å². The number of ether oxygens (including phenoxy) is 2. The minimum absolute atomic E-state index is 0.0351. The van der Waals surface area contributed by atoms with Crippen LogP contribution < -0.4 is 56.4 Å². The summed E-state index contributed by atoms with van der Waals surface area (Å²) in [5.74, 6) is 3.73. The van der Waals surface area contributed by atoms with Gasteiger partial charge >= 0.3 is 0 Å². The number of rotatable bonds is 2. The molecule has 5 aliphatic rings. The summed E-state index contributed by atoms with van der Waals surface area (Å²) in [6, 6.07) is 52.4. The molecule has 7 heteroatoms. The van der Waals surface area contributed by atoms with Crippen LogP contribution in [0.3, 0.4) is 0 Å². The summed E-state index contributed by atoms with van der Waals surface area (Å²) >= 11 is 0. The quantitative estimate of drug-likeness (QED) is 0.163. The summed E-state index contributed by atoms with van der Waals surface area (Å²) in [5, 5.41) is 5.82. The van der Waals surface area contributed by atoms with Crippen LogP contribution in [0.2, 0.25) is 26.2 Å². The fourth-order valence-corrected chi connectivity index (χ4v) is 18.2. The zero-order chi connectivity index (χ0) is 41.1. The maximum atomic E-state index is 7.37. The third kappa shape index (κ3) is 4.73. The Morgan fingerprint density at radius 2 is 0.900 bits per heavy atom. The molecule has 0 bridgehead atoms. The molecule has 294 valence electrons. The number of anilines is 6. The van der Waals surface area contributed by atoms with Gasteiger partial charge in [-0.1, -0.05) is 139 Å². The van der Waals surface area contributed by atoms with E-state index in [1.54, 1.807) is 0 Å². The number of hydrogen-bond acceptors (Lipinski definition) is 4. The van der Waals surface area contributed by atoms with E-state index in [0.717, 1.165) is 46.3 Å². The van der Waals surface area contributed by atoms with Gasteiger partial charge in [-0.15, -0.1) is 0 Å². The molecule has 12 rings (SSSR count). The standard InChI is InChI=1S/C53H49BN2O2Si2/c1-52(2)32-53(3,4)49-35(52)31-44-50-51(49)58-43-30-34(56-40-19-11-15-23-47(40)60(7,8)48-24-16-12-20-41(48)56)26-28-37(43)54(50)36-27-25-33(29-42(36)57-44)55-38-17-9-13-21-45(38)59(5,6)46-22-14-10-18-39(46)55/h9-31H,32H2,1-8H3. The maximum absolute atomic E-state index is 7.37. The van der Waals surface area contributed by atoms with Crippen LogP contribution in [0.15, 0.2) is 140 Å². The number of nitrogens with zero attached hydrogens (tertiary/aromatic N) is 2. The molecule has 0 N–H and O–H groups in total. The molecule has 60 heavy (non-hydrogen) atoms. The van der Waals surface area contributed by atoms with Crippen molar-refractivity contribution in [1.29, 1.82) is 0 Å². The van der Waals surface area contributed by atoms with Crippen molar-refractivity contribution in [2.45, 2.75) is 71.1 Å². The van der Waals surface area contributed by atoms with E-state index in [4.69, 9.17) is 9.47 Å². The van der Waals surface area contributed by atoms with Crippen LogP contribution in [0.4, 0.5) is 34.1 Å². The van der Waals surface area contributed by atoms with Crippen LogP contribution in [0, 0.1) is 0 Å². The topological polar surface area (TPSA) is 24.9 Å². The molecule has 0 radical (unpaired) electrons. The molecule has 0 fully saturated rings. The molecule has 0 saturated carbocycles. The number of hydrogen-bond donors (Lipinski definition) is 0. The predicted octanol–water partition coefficient (Wildman–Crippen LogP) is 9.58. The molecule has 1 aliphatic carbocycles. The highest BCUT2D eigenvalue weighted by Gasteiger charge is 2.51. The van der Waals surface area contributed by atoms with E-state index >= 15 is 0 Å². The Morgan fingerprint density at radius 1 is 0.483 bits per heavy atom. The number of fused-ring (bicyclic) bond motifs is 10. The first kappa shape index (κ1) is 36.1. The van der Waals surface area contributed by atoms with E-state index in [0.29, 0.717) is 0 Å². The van der Waals surface area contributed by atoms with Gasteiger partial charge in [0.2, 0.25) is 0 Å². The van der Waals surface area contributed by atoms with E-state index in [-0.39, 0.29) is 17.5 Å². The van der Waals surface area contributed by atoms with Gasteiger partial charge in [0.05, 0.1) is 0 Å².